The van der Waals surface area contributed by atoms with Crippen molar-refractivity contribution in [1.29, 1.82) is 0 Å². The zero-order chi connectivity index (χ0) is 14.2. The van der Waals surface area contributed by atoms with Gasteiger partial charge in [-0.05, 0) is 62.1 Å². The second-order valence-corrected chi connectivity index (χ2v) is 6.83. The minimum Gasteiger partial charge on any atom is -0.441 e. The van der Waals surface area contributed by atoms with Crippen molar-refractivity contribution in [3.63, 3.8) is 0 Å². The highest BCUT2D eigenvalue weighted by Crippen LogP contribution is 2.55. The van der Waals surface area contributed by atoms with E-state index in [0.717, 1.165) is 47.7 Å². The number of nitrogens with zero attached hydrogens (tertiary/aromatic N) is 1. The first-order valence-electron chi connectivity index (χ1n) is 8.41. The summed E-state index contributed by atoms with van der Waals surface area (Å²) in [5, 5.41) is 3.75. The highest BCUT2D eigenvalue weighted by Gasteiger charge is 2.47. The third kappa shape index (κ3) is 2.71. The Bertz CT molecular complexity index is 577. The first-order valence-corrected chi connectivity index (χ1v) is 8.41. The van der Waals surface area contributed by atoms with Crippen molar-refractivity contribution < 1.29 is 4.42 Å². The van der Waals surface area contributed by atoms with Crippen LogP contribution in [0.1, 0.15) is 38.5 Å². The maximum Gasteiger partial charge on any atom is 0.197 e. The van der Waals surface area contributed by atoms with Crippen LogP contribution in [-0.4, -0.2) is 17.6 Å². The van der Waals surface area contributed by atoms with E-state index in [1.54, 1.807) is 0 Å². The minimum absolute atomic E-state index is 0.533. The average molecular weight is 284 g/mol. The number of oxazole rings is 1. The lowest BCUT2D eigenvalue weighted by molar-refractivity contribution is 0.314. The molecule has 0 bridgehead atoms. The van der Waals surface area contributed by atoms with Gasteiger partial charge in [-0.2, -0.15) is 0 Å². The molecular weight excluding hydrogens is 260 g/mol. The Hall–Kier alpha value is -1.35. The van der Waals surface area contributed by atoms with Crippen LogP contribution in [0.25, 0.3) is 11.1 Å². The van der Waals surface area contributed by atoms with Crippen LogP contribution in [0, 0.1) is 17.8 Å². The molecule has 1 aromatic carbocycles. The Morgan fingerprint density at radius 3 is 2.81 bits per heavy atom. The van der Waals surface area contributed by atoms with E-state index in [-0.39, 0.29) is 0 Å². The molecule has 2 aliphatic rings. The molecule has 1 aromatic heterocycles. The zero-order valence-electron chi connectivity index (χ0n) is 12.7. The van der Waals surface area contributed by atoms with Crippen molar-refractivity contribution in [2.24, 2.45) is 17.8 Å². The molecule has 3 unspecified atom stereocenters. The van der Waals surface area contributed by atoms with Crippen molar-refractivity contribution in [2.45, 2.75) is 45.1 Å². The molecule has 0 radical (unpaired) electrons. The summed E-state index contributed by atoms with van der Waals surface area (Å²) < 4.78 is 5.93. The Morgan fingerprint density at radius 1 is 1.24 bits per heavy atom. The molecule has 2 aliphatic carbocycles. The molecule has 4 rings (SSSR count). The molecule has 1 N–H and O–H groups in total. The third-order valence-corrected chi connectivity index (χ3v) is 5.24. The maximum absolute atomic E-state index is 5.93. The second kappa shape index (κ2) is 5.45. The Morgan fingerprint density at radius 2 is 2.05 bits per heavy atom. The fourth-order valence-corrected chi connectivity index (χ4v) is 4.02. The second-order valence-electron chi connectivity index (χ2n) is 6.83. The van der Waals surface area contributed by atoms with Gasteiger partial charge in [0.2, 0.25) is 0 Å². The Balaban J connectivity index is 1.49. The lowest BCUT2D eigenvalue weighted by Crippen LogP contribution is -2.38. The van der Waals surface area contributed by atoms with Crippen LogP contribution >= 0.6 is 0 Å². The van der Waals surface area contributed by atoms with Crippen LogP contribution in [0.15, 0.2) is 28.7 Å². The molecule has 2 saturated carbocycles. The van der Waals surface area contributed by atoms with Crippen molar-refractivity contribution >= 4 is 11.1 Å². The summed E-state index contributed by atoms with van der Waals surface area (Å²) in [7, 11) is 0. The Kier molecular flexibility index (Phi) is 3.46. The van der Waals surface area contributed by atoms with Crippen LogP contribution in [0.2, 0.25) is 0 Å². The van der Waals surface area contributed by atoms with E-state index in [0.29, 0.717) is 6.04 Å². The molecule has 2 fully saturated rings. The van der Waals surface area contributed by atoms with E-state index >= 15 is 0 Å². The molecule has 0 saturated heterocycles. The minimum atomic E-state index is 0.533. The smallest absolute Gasteiger partial charge is 0.197 e. The molecule has 112 valence electrons. The average Bonchev–Trinajstić information content (AvgIpc) is 2.95. The van der Waals surface area contributed by atoms with Gasteiger partial charge in [0.05, 0.1) is 0 Å². The molecular formula is C18H24N2O. The van der Waals surface area contributed by atoms with Crippen molar-refractivity contribution in [2.75, 3.05) is 6.54 Å². The first kappa shape index (κ1) is 13.3. The predicted octanol–water partition coefficient (Wildman–Crippen LogP) is 3.78. The number of benzene rings is 1. The zero-order valence-corrected chi connectivity index (χ0v) is 12.7. The molecule has 0 aliphatic heterocycles. The van der Waals surface area contributed by atoms with Gasteiger partial charge in [-0.25, -0.2) is 4.98 Å². The number of nitrogens with one attached hydrogen (secondary N) is 1. The highest BCUT2D eigenvalue weighted by atomic mass is 16.3. The van der Waals surface area contributed by atoms with Gasteiger partial charge >= 0.3 is 0 Å². The molecule has 2 aromatic rings. The van der Waals surface area contributed by atoms with Crippen molar-refractivity contribution in [1.82, 2.24) is 10.3 Å². The summed E-state index contributed by atoms with van der Waals surface area (Å²) in [4.78, 5) is 4.66. The van der Waals surface area contributed by atoms with Crippen LogP contribution in [-0.2, 0) is 6.42 Å². The summed E-state index contributed by atoms with van der Waals surface area (Å²) in [6, 6.07) is 8.60. The summed E-state index contributed by atoms with van der Waals surface area (Å²) in [5.41, 5.74) is 1.90. The van der Waals surface area contributed by atoms with E-state index < -0.39 is 0 Å². The largest absolute Gasteiger partial charge is 0.441 e. The van der Waals surface area contributed by atoms with E-state index in [1.807, 2.05) is 24.3 Å². The molecule has 3 nitrogen and oxygen atoms in total. The van der Waals surface area contributed by atoms with Gasteiger partial charge in [0, 0.05) is 12.5 Å². The van der Waals surface area contributed by atoms with Gasteiger partial charge in [-0.15, -0.1) is 0 Å². The molecule has 21 heavy (non-hydrogen) atoms. The van der Waals surface area contributed by atoms with Crippen molar-refractivity contribution in [3.8, 4) is 0 Å². The number of hydrogen-bond acceptors (Lipinski definition) is 3. The summed E-state index contributed by atoms with van der Waals surface area (Å²) in [6.07, 6.45) is 6.42. The lowest BCUT2D eigenvalue weighted by Gasteiger charge is -2.24. The van der Waals surface area contributed by atoms with E-state index in [9.17, 15) is 0 Å². The van der Waals surface area contributed by atoms with Crippen LogP contribution in [0.5, 0.6) is 0 Å². The van der Waals surface area contributed by atoms with Crippen molar-refractivity contribution in [3.05, 3.63) is 30.2 Å². The maximum atomic E-state index is 5.93. The van der Waals surface area contributed by atoms with Gasteiger partial charge in [0.15, 0.2) is 11.5 Å². The van der Waals surface area contributed by atoms with E-state index in [2.05, 4.69) is 17.2 Å². The van der Waals surface area contributed by atoms with Crippen LogP contribution in [0.4, 0.5) is 0 Å². The van der Waals surface area contributed by atoms with Gasteiger partial charge in [0.25, 0.3) is 0 Å². The fraction of sp³-hybridized carbons (Fsp3) is 0.611. The molecule has 1 heterocycles. The molecule has 0 amide bonds. The SMILES string of the molecule is CCCNC(Cc1nc2ccccc2o1)C1CC2CC2C1. The summed E-state index contributed by atoms with van der Waals surface area (Å²) in [6.45, 7) is 3.33. The van der Waals surface area contributed by atoms with Gasteiger partial charge < -0.3 is 9.73 Å². The fourth-order valence-electron chi connectivity index (χ4n) is 4.02. The van der Waals surface area contributed by atoms with E-state index in [4.69, 9.17) is 4.42 Å². The monoisotopic (exact) mass is 284 g/mol. The van der Waals surface area contributed by atoms with Gasteiger partial charge in [0.1, 0.15) is 5.52 Å². The standard InChI is InChI=1S/C18H24N2O/c1-2-7-19-16(14-9-12-8-13(12)10-14)11-18-20-15-5-3-4-6-17(15)21-18/h3-6,12-14,16,19H,2,7-11H2,1H3. The molecule has 3 atom stereocenters. The third-order valence-electron chi connectivity index (χ3n) is 5.24. The van der Waals surface area contributed by atoms with E-state index in [1.165, 1.54) is 25.7 Å². The predicted molar refractivity (Wildman–Crippen MR) is 84.1 cm³/mol. The Labute approximate surface area is 126 Å². The molecule has 3 heteroatoms. The number of rotatable bonds is 6. The number of para-hydroxylation sites is 2. The number of fused-ring (bicyclic) bond motifs is 2. The first-order chi connectivity index (χ1) is 10.3. The summed E-state index contributed by atoms with van der Waals surface area (Å²) in [5.74, 6) is 3.77. The normalized spacial score (nSPS) is 28.7. The topological polar surface area (TPSA) is 38.1 Å². The summed E-state index contributed by atoms with van der Waals surface area (Å²) >= 11 is 0. The quantitative estimate of drug-likeness (QED) is 0.877. The van der Waals surface area contributed by atoms with Gasteiger partial charge in [-0.1, -0.05) is 19.1 Å². The van der Waals surface area contributed by atoms with Gasteiger partial charge in [-0.3, -0.25) is 0 Å². The number of aromatic nitrogens is 1. The van der Waals surface area contributed by atoms with Crippen LogP contribution < -0.4 is 5.32 Å². The van der Waals surface area contributed by atoms with Crippen LogP contribution in [0.3, 0.4) is 0 Å². The lowest BCUT2D eigenvalue weighted by atomic mass is 9.92. The number of hydrogen-bond donors (Lipinski definition) is 1. The highest BCUT2D eigenvalue weighted by molar-refractivity contribution is 5.72. The molecule has 0 spiro atoms.